The number of carbonyl (C=O) groups is 1. The number of rotatable bonds is 18. The molecule has 33 heavy (non-hydrogen) atoms. The number of anilines is 2. The molecule has 2 rings (SSSR count). The number of nitrogens with two attached hydrogens (primary N) is 1. The van der Waals surface area contributed by atoms with Crippen LogP contribution in [0.5, 0.6) is 11.5 Å². The molecule has 0 saturated heterocycles. The zero-order chi connectivity index (χ0) is 23.6. The van der Waals surface area contributed by atoms with Gasteiger partial charge in [-0.1, -0.05) is 0 Å². The second-order valence-corrected chi connectivity index (χ2v) is 6.92. The third kappa shape index (κ3) is 13.3. The van der Waals surface area contributed by atoms with Gasteiger partial charge in [0.05, 0.1) is 52.9 Å². The van der Waals surface area contributed by atoms with Crippen LogP contribution >= 0.6 is 0 Å². The molecule has 0 aliphatic carbocycles. The molecule has 0 bridgehead atoms. The van der Waals surface area contributed by atoms with Crippen LogP contribution < -0.4 is 20.5 Å². The molecule has 0 heterocycles. The molecule has 1 amide bonds. The number of nitrogen functional groups attached to an aromatic ring is 1. The zero-order valence-corrected chi connectivity index (χ0v) is 19.1. The Balaban J connectivity index is 1.30. The van der Waals surface area contributed by atoms with Crippen molar-refractivity contribution in [3.05, 3.63) is 48.5 Å². The fraction of sp³-hybridized carbons (Fsp3) is 0.458. The SMILES string of the molecule is CC(=O)Nc1ccc(OCCOCCOCCOCCOCCOc2ccc(N)cc2)cc1. The highest BCUT2D eigenvalue weighted by Gasteiger charge is 1.98. The summed E-state index contributed by atoms with van der Waals surface area (Å²) in [6.07, 6.45) is 0. The summed E-state index contributed by atoms with van der Waals surface area (Å²) in [6.45, 7) is 6.34. The van der Waals surface area contributed by atoms with E-state index in [4.69, 9.17) is 34.2 Å². The molecule has 182 valence electrons. The first-order valence-electron chi connectivity index (χ1n) is 10.9. The highest BCUT2D eigenvalue weighted by atomic mass is 16.6. The predicted octanol–water partition coefficient (Wildman–Crippen LogP) is 2.75. The van der Waals surface area contributed by atoms with E-state index in [1.807, 2.05) is 12.1 Å². The van der Waals surface area contributed by atoms with Crippen LogP contribution in [0.25, 0.3) is 0 Å². The van der Waals surface area contributed by atoms with Gasteiger partial charge < -0.3 is 39.5 Å². The minimum atomic E-state index is -0.104. The first-order chi connectivity index (χ1) is 16.1. The number of benzene rings is 2. The van der Waals surface area contributed by atoms with Crippen LogP contribution in [0.3, 0.4) is 0 Å². The van der Waals surface area contributed by atoms with Crippen molar-refractivity contribution < 1.29 is 33.2 Å². The van der Waals surface area contributed by atoms with Crippen molar-refractivity contribution in [2.24, 2.45) is 0 Å². The summed E-state index contributed by atoms with van der Waals surface area (Å²) in [5.41, 5.74) is 7.07. The minimum Gasteiger partial charge on any atom is -0.491 e. The van der Waals surface area contributed by atoms with Crippen LogP contribution in [-0.4, -0.2) is 72.0 Å². The van der Waals surface area contributed by atoms with E-state index < -0.39 is 0 Å². The maximum absolute atomic E-state index is 11.0. The summed E-state index contributed by atoms with van der Waals surface area (Å²) in [6, 6.07) is 14.4. The Morgan fingerprint density at radius 3 is 1.39 bits per heavy atom. The van der Waals surface area contributed by atoms with Gasteiger partial charge >= 0.3 is 0 Å². The van der Waals surface area contributed by atoms with Gasteiger partial charge in [0.2, 0.25) is 5.91 Å². The van der Waals surface area contributed by atoms with Crippen LogP contribution in [0.15, 0.2) is 48.5 Å². The number of amides is 1. The lowest BCUT2D eigenvalue weighted by atomic mass is 10.3. The monoisotopic (exact) mass is 462 g/mol. The van der Waals surface area contributed by atoms with E-state index >= 15 is 0 Å². The van der Waals surface area contributed by atoms with Crippen molar-refractivity contribution in [3.63, 3.8) is 0 Å². The molecule has 0 saturated carbocycles. The molecular formula is C24H34N2O7. The van der Waals surface area contributed by atoms with Crippen LogP contribution in [-0.2, 0) is 23.7 Å². The van der Waals surface area contributed by atoms with Gasteiger partial charge in [-0.25, -0.2) is 0 Å². The molecular weight excluding hydrogens is 428 g/mol. The first-order valence-corrected chi connectivity index (χ1v) is 10.9. The Hall–Kier alpha value is -2.85. The maximum atomic E-state index is 11.0. The number of hydrogen-bond acceptors (Lipinski definition) is 8. The van der Waals surface area contributed by atoms with E-state index in [1.165, 1.54) is 6.92 Å². The lowest BCUT2D eigenvalue weighted by molar-refractivity contribution is -0.114. The fourth-order valence-corrected chi connectivity index (χ4v) is 2.60. The molecule has 0 aliphatic heterocycles. The average Bonchev–Trinajstić information content (AvgIpc) is 2.80. The van der Waals surface area contributed by atoms with Crippen molar-refractivity contribution in [2.75, 3.05) is 77.1 Å². The largest absolute Gasteiger partial charge is 0.491 e. The lowest BCUT2D eigenvalue weighted by Crippen LogP contribution is -2.14. The standard InChI is InChI=1S/C24H34N2O7/c1-20(27)26-22-4-8-24(9-5-22)33-19-17-31-15-13-29-11-10-28-12-14-30-16-18-32-23-6-2-21(25)3-7-23/h2-9H,10-19,25H2,1H3,(H,26,27). The Bertz CT molecular complexity index is 769. The van der Waals surface area contributed by atoms with Crippen molar-refractivity contribution in [1.29, 1.82) is 0 Å². The molecule has 0 fully saturated rings. The summed E-state index contributed by atoms with van der Waals surface area (Å²) < 4.78 is 32.9. The number of nitrogens with one attached hydrogen (secondary N) is 1. The van der Waals surface area contributed by atoms with Crippen molar-refractivity contribution >= 4 is 17.3 Å². The van der Waals surface area contributed by atoms with Gasteiger partial charge in [0.1, 0.15) is 24.7 Å². The summed E-state index contributed by atoms with van der Waals surface area (Å²) in [5, 5.41) is 2.70. The molecule has 0 radical (unpaired) electrons. The zero-order valence-electron chi connectivity index (χ0n) is 19.1. The van der Waals surface area contributed by atoms with Gasteiger partial charge in [-0.15, -0.1) is 0 Å². The van der Waals surface area contributed by atoms with E-state index in [1.54, 1.807) is 36.4 Å². The Kier molecular flexibility index (Phi) is 13.4. The average molecular weight is 463 g/mol. The van der Waals surface area contributed by atoms with Gasteiger partial charge in [-0.05, 0) is 48.5 Å². The van der Waals surface area contributed by atoms with Gasteiger partial charge in [-0.2, -0.15) is 0 Å². The van der Waals surface area contributed by atoms with Crippen molar-refractivity contribution in [3.8, 4) is 11.5 Å². The molecule has 2 aromatic rings. The van der Waals surface area contributed by atoms with Gasteiger partial charge in [0, 0.05) is 18.3 Å². The minimum absolute atomic E-state index is 0.104. The highest BCUT2D eigenvalue weighted by Crippen LogP contribution is 2.15. The maximum Gasteiger partial charge on any atom is 0.221 e. The number of ether oxygens (including phenoxy) is 6. The molecule has 2 aromatic carbocycles. The van der Waals surface area contributed by atoms with Crippen LogP contribution in [0, 0.1) is 0 Å². The molecule has 3 N–H and O–H groups in total. The fourth-order valence-electron chi connectivity index (χ4n) is 2.60. The number of hydrogen-bond donors (Lipinski definition) is 2. The van der Waals surface area contributed by atoms with Gasteiger partial charge in [-0.3, -0.25) is 4.79 Å². The molecule has 9 nitrogen and oxygen atoms in total. The molecule has 0 atom stereocenters. The Morgan fingerprint density at radius 1 is 0.636 bits per heavy atom. The third-order valence-corrected chi connectivity index (χ3v) is 4.16. The Morgan fingerprint density at radius 2 is 1.00 bits per heavy atom. The molecule has 0 spiro atoms. The van der Waals surface area contributed by atoms with E-state index in [-0.39, 0.29) is 5.91 Å². The molecule has 9 heteroatoms. The van der Waals surface area contributed by atoms with Crippen LogP contribution in [0.2, 0.25) is 0 Å². The highest BCUT2D eigenvalue weighted by molar-refractivity contribution is 5.88. The molecule has 0 aromatic heterocycles. The van der Waals surface area contributed by atoms with E-state index in [2.05, 4.69) is 5.32 Å². The first kappa shape index (κ1) is 26.4. The second-order valence-electron chi connectivity index (χ2n) is 6.92. The topological polar surface area (TPSA) is 111 Å². The Labute approximate surface area is 195 Å². The summed E-state index contributed by atoms with van der Waals surface area (Å²) in [7, 11) is 0. The molecule has 0 aliphatic rings. The predicted molar refractivity (Wildman–Crippen MR) is 126 cm³/mol. The third-order valence-electron chi connectivity index (χ3n) is 4.16. The van der Waals surface area contributed by atoms with Gasteiger partial charge in [0.25, 0.3) is 0 Å². The van der Waals surface area contributed by atoms with Crippen LogP contribution in [0.4, 0.5) is 11.4 Å². The van der Waals surface area contributed by atoms with E-state index in [9.17, 15) is 4.79 Å². The normalized spacial score (nSPS) is 10.7. The van der Waals surface area contributed by atoms with Crippen LogP contribution in [0.1, 0.15) is 6.92 Å². The van der Waals surface area contributed by atoms with E-state index in [0.717, 1.165) is 17.2 Å². The summed E-state index contributed by atoms with van der Waals surface area (Å²) >= 11 is 0. The second kappa shape index (κ2) is 16.7. The van der Waals surface area contributed by atoms with Crippen molar-refractivity contribution in [1.82, 2.24) is 0 Å². The summed E-state index contributed by atoms with van der Waals surface area (Å²) in [4.78, 5) is 11.0. The number of carbonyl (C=O) groups excluding carboxylic acids is 1. The smallest absolute Gasteiger partial charge is 0.221 e. The van der Waals surface area contributed by atoms with Crippen molar-refractivity contribution in [2.45, 2.75) is 6.92 Å². The molecule has 0 unspecified atom stereocenters. The summed E-state index contributed by atoms with van der Waals surface area (Å²) in [5.74, 6) is 1.39. The lowest BCUT2D eigenvalue weighted by Gasteiger charge is -2.09. The van der Waals surface area contributed by atoms with Gasteiger partial charge in [0.15, 0.2) is 0 Å². The van der Waals surface area contributed by atoms with E-state index in [0.29, 0.717) is 71.8 Å². The quantitative estimate of drug-likeness (QED) is 0.257.